The Morgan fingerprint density at radius 3 is 2.17 bits per heavy atom. The lowest BCUT2D eigenvalue weighted by Crippen LogP contribution is -2.36. The molecule has 1 saturated heterocycles. The highest BCUT2D eigenvalue weighted by Gasteiger charge is 2.47. The molecule has 0 bridgehead atoms. The number of halogens is 1. The highest BCUT2D eigenvalue weighted by Crippen LogP contribution is 2.55. The summed E-state index contributed by atoms with van der Waals surface area (Å²) in [4.78, 5) is 0. The zero-order valence-corrected chi connectivity index (χ0v) is 19.4. The zero-order valence-electron chi connectivity index (χ0n) is 19.4. The van der Waals surface area contributed by atoms with Crippen LogP contribution < -0.4 is 24.3 Å². The molecule has 2 heterocycles. The van der Waals surface area contributed by atoms with Gasteiger partial charge in [0.1, 0.15) is 5.82 Å². The number of hydrogen-bond donors (Lipinski definition) is 2. The number of nitrogens with one attached hydrogen (secondary N) is 1. The summed E-state index contributed by atoms with van der Waals surface area (Å²) in [7, 11) is 3.05. The lowest BCUT2D eigenvalue weighted by molar-refractivity contribution is 0.173. The number of hydrogen-bond acceptors (Lipinski definition) is 7. The number of fused-ring (bicyclic) bond motifs is 3. The summed E-state index contributed by atoms with van der Waals surface area (Å²) >= 11 is 0. The topological polar surface area (TPSA) is 78.4 Å². The van der Waals surface area contributed by atoms with E-state index in [1.165, 1.54) is 26.4 Å². The number of anilines is 1. The van der Waals surface area contributed by atoms with Crippen molar-refractivity contribution in [1.29, 1.82) is 0 Å². The second-order valence-corrected chi connectivity index (χ2v) is 9.08. The summed E-state index contributed by atoms with van der Waals surface area (Å²) in [6, 6.07) is 14.1. The van der Waals surface area contributed by atoms with Gasteiger partial charge in [0.05, 0.1) is 33.5 Å². The van der Waals surface area contributed by atoms with E-state index in [1.54, 1.807) is 12.1 Å². The van der Waals surface area contributed by atoms with E-state index in [2.05, 4.69) is 5.32 Å². The van der Waals surface area contributed by atoms with E-state index in [1.807, 2.05) is 24.3 Å². The predicted molar refractivity (Wildman–Crippen MR) is 126 cm³/mol. The van der Waals surface area contributed by atoms with Gasteiger partial charge in [0.15, 0.2) is 23.0 Å². The summed E-state index contributed by atoms with van der Waals surface area (Å²) < 4.78 is 41.9. The van der Waals surface area contributed by atoms with Crippen LogP contribution >= 0.6 is 0 Å². The summed E-state index contributed by atoms with van der Waals surface area (Å²) in [6.07, 6.45) is 0. The van der Waals surface area contributed by atoms with Crippen LogP contribution in [0.1, 0.15) is 28.7 Å². The van der Waals surface area contributed by atoms with Crippen molar-refractivity contribution in [2.24, 2.45) is 11.8 Å². The SMILES string of the molecule is COc1cc(C2c3cc4c(cc3C(Nc3ccc(F)cc3)C3COCC23)OCO4)cc(OC)c1O. The Balaban J connectivity index is 1.52. The van der Waals surface area contributed by atoms with Crippen molar-refractivity contribution in [3.8, 4) is 28.7 Å². The fraction of sp³-hybridized carbons (Fsp3) is 0.333. The van der Waals surface area contributed by atoms with Crippen LogP contribution in [0, 0.1) is 17.7 Å². The minimum Gasteiger partial charge on any atom is -0.502 e. The second-order valence-electron chi connectivity index (χ2n) is 9.08. The molecule has 8 heteroatoms. The van der Waals surface area contributed by atoms with Gasteiger partial charge in [-0.05, 0) is 65.2 Å². The Morgan fingerprint density at radius 2 is 1.51 bits per heavy atom. The molecule has 3 aromatic rings. The van der Waals surface area contributed by atoms with Crippen LogP contribution in [0.3, 0.4) is 0 Å². The fourth-order valence-corrected chi connectivity index (χ4v) is 5.68. The minimum atomic E-state index is -0.277. The van der Waals surface area contributed by atoms with Gasteiger partial charge in [-0.15, -0.1) is 0 Å². The first-order valence-corrected chi connectivity index (χ1v) is 11.6. The van der Waals surface area contributed by atoms with Gasteiger partial charge >= 0.3 is 0 Å². The molecule has 7 nitrogen and oxygen atoms in total. The van der Waals surface area contributed by atoms with Crippen molar-refractivity contribution in [2.45, 2.75) is 12.0 Å². The number of phenols is 1. The first-order valence-electron chi connectivity index (χ1n) is 11.6. The zero-order chi connectivity index (χ0) is 24.1. The molecule has 4 atom stereocenters. The molecule has 3 aliphatic rings. The fourth-order valence-electron chi connectivity index (χ4n) is 5.68. The maximum Gasteiger partial charge on any atom is 0.231 e. The second kappa shape index (κ2) is 8.53. The predicted octanol–water partition coefficient (Wildman–Crippen LogP) is 4.84. The van der Waals surface area contributed by atoms with Crippen molar-refractivity contribution < 1.29 is 33.2 Å². The molecule has 4 unspecified atom stereocenters. The van der Waals surface area contributed by atoms with E-state index in [0.29, 0.717) is 36.2 Å². The molecule has 1 fully saturated rings. The number of methoxy groups -OCH3 is 2. The largest absolute Gasteiger partial charge is 0.502 e. The highest BCUT2D eigenvalue weighted by atomic mass is 19.1. The minimum absolute atomic E-state index is 0.0319. The lowest BCUT2D eigenvalue weighted by atomic mass is 9.65. The third-order valence-corrected chi connectivity index (χ3v) is 7.30. The van der Waals surface area contributed by atoms with Crippen LogP contribution in [0.25, 0.3) is 0 Å². The third kappa shape index (κ3) is 3.60. The first-order chi connectivity index (χ1) is 17.1. The average Bonchev–Trinajstić information content (AvgIpc) is 3.54. The third-order valence-electron chi connectivity index (χ3n) is 7.30. The first kappa shape index (κ1) is 21.9. The number of rotatable bonds is 5. The number of ether oxygens (including phenoxy) is 5. The van der Waals surface area contributed by atoms with Crippen LogP contribution in [0.5, 0.6) is 28.7 Å². The molecule has 2 N–H and O–H groups in total. The van der Waals surface area contributed by atoms with E-state index < -0.39 is 0 Å². The van der Waals surface area contributed by atoms with Crippen LogP contribution in [0.2, 0.25) is 0 Å². The van der Waals surface area contributed by atoms with Crippen molar-refractivity contribution in [3.05, 3.63) is 71.0 Å². The molecule has 0 amide bonds. The monoisotopic (exact) mass is 479 g/mol. The Morgan fingerprint density at radius 1 is 0.886 bits per heavy atom. The smallest absolute Gasteiger partial charge is 0.231 e. The van der Waals surface area contributed by atoms with E-state index in [4.69, 9.17) is 23.7 Å². The van der Waals surface area contributed by atoms with Gasteiger partial charge in [0.2, 0.25) is 12.5 Å². The van der Waals surface area contributed by atoms with Gasteiger partial charge in [0.25, 0.3) is 0 Å². The average molecular weight is 480 g/mol. The van der Waals surface area contributed by atoms with E-state index in [9.17, 15) is 9.50 Å². The number of benzene rings is 3. The van der Waals surface area contributed by atoms with Gasteiger partial charge in [-0.1, -0.05) is 0 Å². The normalized spacial score (nSPS) is 24.0. The van der Waals surface area contributed by atoms with Crippen molar-refractivity contribution in [1.82, 2.24) is 0 Å². The summed E-state index contributed by atoms with van der Waals surface area (Å²) in [6.45, 7) is 1.34. The molecular formula is C27H26FNO6. The summed E-state index contributed by atoms with van der Waals surface area (Å²) in [5.74, 6) is 2.02. The van der Waals surface area contributed by atoms with Crippen LogP contribution in [0.4, 0.5) is 10.1 Å². The Labute approximate surface area is 202 Å². The highest BCUT2D eigenvalue weighted by molar-refractivity contribution is 5.60. The van der Waals surface area contributed by atoms with Gasteiger partial charge < -0.3 is 34.1 Å². The molecule has 3 aromatic carbocycles. The maximum atomic E-state index is 13.5. The molecule has 0 saturated carbocycles. The Bertz CT molecular complexity index is 1240. The van der Waals surface area contributed by atoms with Gasteiger partial charge in [0, 0.05) is 23.4 Å². The van der Waals surface area contributed by atoms with Gasteiger partial charge in [-0.3, -0.25) is 0 Å². The molecule has 0 radical (unpaired) electrons. The molecule has 182 valence electrons. The summed E-state index contributed by atoms with van der Waals surface area (Å²) in [5, 5.41) is 14.1. The van der Waals surface area contributed by atoms with Gasteiger partial charge in [-0.2, -0.15) is 0 Å². The van der Waals surface area contributed by atoms with Crippen molar-refractivity contribution in [3.63, 3.8) is 0 Å². The quantitative estimate of drug-likeness (QED) is 0.542. The van der Waals surface area contributed by atoms with E-state index in [0.717, 1.165) is 22.4 Å². The van der Waals surface area contributed by atoms with Crippen LogP contribution in [-0.4, -0.2) is 39.3 Å². The lowest BCUT2D eigenvalue weighted by Gasteiger charge is -2.41. The standard InChI is InChI=1S/C27H26FNO6/c1-31-23-7-14(8-24(32-2)27(23)30)25-17-9-21-22(35-13-34-21)10-18(17)26(20-12-33-11-19(20)25)29-16-5-3-15(28)4-6-16/h3-10,19-20,25-26,29-30H,11-13H2,1-2H3. The molecule has 2 aliphatic heterocycles. The number of phenolic OH excluding ortho intramolecular Hbond substituents is 1. The molecule has 6 rings (SSSR count). The maximum absolute atomic E-state index is 13.5. The summed E-state index contributed by atoms with van der Waals surface area (Å²) in [5.41, 5.74) is 3.94. The molecular weight excluding hydrogens is 453 g/mol. The van der Waals surface area contributed by atoms with Crippen LogP contribution in [0.15, 0.2) is 48.5 Å². The Kier molecular flexibility index (Phi) is 5.33. The van der Waals surface area contributed by atoms with E-state index >= 15 is 0 Å². The van der Waals surface area contributed by atoms with Crippen LogP contribution in [-0.2, 0) is 4.74 Å². The van der Waals surface area contributed by atoms with Crippen molar-refractivity contribution >= 4 is 5.69 Å². The van der Waals surface area contributed by atoms with Crippen molar-refractivity contribution in [2.75, 3.05) is 39.5 Å². The number of aromatic hydroxyl groups is 1. The van der Waals surface area contributed by atoms with Gasteiger partial charge in [-0.25, -0.2) is 4.39 Å². The molecule has 1 aliphatic carbocycles. The Hall–Kier alpha value is -3.65. The molecule has 0 aromatic heterocycles. The molecule has 0 spiro atoms. The molecule has 35 heavy (non-hydrogen) atoms. The van der Waals surface area contributed by atoms with E-state index in [-0.39, 0.29) is 42.2 Å².